The van der Waals surface area contributed by atoms with E-state index in [9.17, 15) is 9.59 Å². The van der Waals surface area contributed by atoms with E-state index in [1.165, 1.54) is 11.6 Å². The molecule has 0 aliphatic carbocycles. The van der Waals surface area contributed by atoms with Crippen molar-refractivity contribution in [3.8, 4) is 5.75 Å². The highest BCUT2D eigenvalue weighted by Crippen LogP contribution is 2.26. The molecule has 5 nitrogen and oxygen atoms in total. The standard InChI is InChI=1S/C20H24N2O3/c1-3-14-8-10-15(11-9-14)21-20(24)19-16-7-5-6-12-22(16)18(23)13-17(19)25-4-2/h8-11,13H,3-7,12H2,1-2H3,(H,21,24). The molecule has 2 heterocycles. The quantitative estimate of drug-likeness (QED) is 0.907. The zero-order valence-corrected chi connectivity index (χ0v) is 14.8. The van der Waals surface area contributed by atoms with Gasteiger partial charge in [0.05, 0.1) is 6.61 Å². The Bertz CT molecular complexity index is 822. The summed E-state index contributed by atoms with van der Waals surface area (Å²) in [5.41, 5.74) is 3.13. The maximum absolute atomic E-state index is 12.9. The summed E-state index contributed by atoms with van der Waals surface area (Å²) in [6.45, 7) is 5.01. The van der Waals surface area contributed by atoms with Crippen molar-refractivity contribution in [2.24, 2.45) is 0 Å². The zero-order valence-electron chi connectivity index (χ0n) is 14.8. The number of benzene rings is 1. The lowest BCUT2D eigenvalue weighted by Crippen LogP contribution is -2.31. The fourth-order valence-electron chi connectivity index (χ4n) is 3.27. The van der Waals surface area contributed by atoms with Gasteiger partial charge in [-0.05, 0) is 50.3 Å². The first-order valence-electron chi connectivity index (χ1n) is 8.93. The molecule has 1 aromatic carbocycles. The van der Waals surface area contributed by atoms with Crippen LogP contribution in [0.15, 0.2) is 35.1 Å². The van der Waals surface area contributed by atoms with Gasteiger partial charge in [0.2, 0.25) is 0 Å². The number of hydrogen-bond acceptors (Lipinski definition) is 3. The monoisotopic (exact) mass is 340 g/mol. The molecule has 5 heteroatoms. The van der Waals surface area contributed by atoms with Crippen LogP contribution in [0.25, 0.3) is 0 Å². The molecule has 3 rings (SSSR count). The lowest BCUT2D eigenvalue weighted by molar-refractivity contribution is 0.102. The number of aromatic nitrogens is 1. The van der Waals surface area contributed by atoms with Crippen LogP contribution in [0.4, 0.5) is 5.69 Å². The first-order chi connectivity index (χ1) is 12.1. The van der Waals surface area contributed by atoms with Crippen LogP contribution in [0.2, 0.25) is 0 Å². The third-order valence-electron chi connectivity index (χ3n) is 4.57. The fourth-order valence-corrected chi connectivity index (χ4v) is 3.27. The molecule has 1 aliphatic rings. The number of hydrogen-bond donors (Lipinski definition) is 1. The van der Waals surface area contributed by atoms with Crippen molar-refractivity contribution in [2.45, 2.75) is 46.1 Å². The van der Waals surface area contributed by atoms with Crippen molar-refractivity contribution < 1.29 is 9.53 Å². The van der Waals surface area contributed by atoms with E-state index >= 15 is 0 Å². The minimum Gasteiger partial charge on any atom is -0.493 e. The Morgan fingerprint density at radius 3 is 2.64 bits per heavy atom. The molecular formula is C20H24N2O3. The number of fused-ring (bicyclic) bond motifs is 1. The van der Waals surface area contributed by atoms with E-state index in [1.807, 2.05) is 31.2 Å². The van der Waals surface area contributed by atoms with E-state index in [1.54, 1.807) is 4.57 Å². The lowest BCUT2D eigenvalue weighted by atomic mass is 10.0. The largest absolute Gasteiger partial charge is 0.493 e. The summed E-state index contributed by atoms with van der Waals surface area (Å²) in [6, 6.07) is 9.25. The van der Waals surface area contributed by atoms with Crippen molar-refractivity contribution in [3.63, 3.8) is 0 Å². The minimum atomic E-state index is -0.224. The lowest BCUT2D eigenvalue weighted by Gasteiger charge is -2.23. The number of carbonyl (C=O) groups is 1. The molecule has 1 N–H and O–H groups in total. The van der Waals surface area contributed by atoms with Crippen LogP contribution in [-0.4, -0.2) is 17.1 Å². The average molecular weight is 340 g/mol. The van der Waals surface area contributed by atoms with Crippen LogP contribution in [0.1, 0.15) is 48.3 Å². The van der Waals surface area contributed by atoms with Gasteiger partial charge in [0.25, 0.3) is 11.5 Å². The van der Waals surface area contributed by atoms with Gasteiger partial charge in [-0.15, -0.1) is 0 Å². The highest BCUT2D eigenvalue weighted by Gasteiger charge is 2.24. The van der Waals surface area contributed by atoms with Crippen LogP contribution in [-0.2, 0) is 19.4 Å². The molecule has 25 heavy (non-hydrogen) atoms. The molecule has 1 aliphatic heterocycles. The zero-order chi connectivity index (χ0) is 17.8. The minimum absolute atomic E-state index is 0.0954. The van der Waals surface area contributed by atoms with Gasteiger partial charge >= 0.3 is 0 Å². The summed E-state index contributed by atoms with van der Waals surface area (Å²) in [4.78, 5) is 25.3. The molecule has 0 spiro atoms. The number of anilines is 1. The first-order valence-corrected chi connectivity index (χ1v) is 8.93. The van der Waals surface area contributed by atoms with Crippen LogP contribution >= 0.6 is 0 Å². The van der Waals surface area contributed by atoms with Gasteiger partial charge in [0, 0.05) is 24.0 Å². The molecule has 0 radical (unpaired) electrons. The van der Waals surface area contributed by atoms with Crippen LogP contribution in [0.3, 0.4) is 0 Å². The van der Waals surface area contributed by atoms with Crippen molar-refractivity contribution >= 4 is 11.6 Å². The molecule has 132 valence electrons. The van der Waals surface area contributed by atoms with E-state index in [2.05, 4.69) is 12.2 Å². The molecule has 0 saturated heterocycles. The summed E-state index contributed by atoms with van der Waals surface area (Å²) in [5.74, 6) is 0.154. The van der Waals surface area contributed by atoms with Crippen LogP contribution in [0.5, 0.6) is 5.75 Å². The topological polar surface area (TPSA) is 60.3 Å². The van der Waals surface area contributed by atoms with Gasteiger partial charge in [0.1, 0.15) is 11.3 Å². The fraction of sp³-hybridized carbons (Fsp3) is 0.400. The van der Waals surface area contributed by atoms with Gasteiger partial charge in [-0.3, -0.25) is 9.59 Å². The maximum Gasteiger partial charge on any atom is 0.261 e. The summed E-state index contributed by atoms with van der Waals surface area (Å²) < 4.78 is 7.31. The van der Waals surface area contributed by atoms with Crippen molar-refractivity contribution in [1.29, 1.82) is 0 Å². The second-order valence-corrected chi connectivity index (χ2v) is 6.21. The number of ether oxygens (including phenoxy) is 1. The predicted octanol–water partition coefficient (Wildman–Crippen LogP) is 3.40. The van der Waals surface area contributed by atoms with Gasteiger partial charge in [-0.25, -0.2) is 0 Å². The van der Waals surface area contributed by atoms with E-state index in [0.29, 0.717) is 30.9 Å². The van der Waals surface area contributed by atoms with Crippen molar-refractivity contribution in [2.75, 3.05) is 11.9 Å². The van der Waals surface area contributed by atoms with E-state index < -0.39 is 0 Å². The van der Waals surface area contributed by atoms with E-state index in [0.717, 1.165) is 30.6 Å². The molecule has 1 aromatic heterocycles. The third-order valence-corrected chi connectivity index (χ3v) is 4.57. The highest BCUT2D eigenvalue weighted by atomic mass is 16.5. The SMILES string of the molecule is CCOc1cc(=O)n2c(c1C(=O)Nc1ccc(CC)cc1)CCCC2. The Morgan fingerprint density at radius 2 is 1.96 bits per heavy atom. The summed E-state index contributed by atoms with van der Waals surface area (Å²) >= 11 is 0. The van der Waals surface area contributed by atoms with Crippen LogP contribution in [0, 0.1) is 0 Å². The van der Waals surface area contributed by atoms with Gasteiger partial charge in [-0.2, -0.15) is 0 Å². The first kappa shape index (κ1) is 17.3. The number of amides is 1. The molecular weight excluding hydrogens is 316 g/mol. The molecule has 0 bridgehead atoms. The van der Waals surface area contributed by atoms with E-state index in [4.69, 9.17) is 4.74 Å². The van der Waals surface area contributed by atoms with Crippen molar-refractivity contribution in [1.82, 2.24) is 4.57 Å². The maximum atomic E-state index is 12.9. The van der Waals surface area contributed by atoms with Crippen LogP contribution < -0.4 is 15.6 Å². The van der Waals surface area contributed by atoms with Gasteiger partial charge in [0.15, 0.2) is 0 Å². The number of rotatable bonds is 5. The second kappa shape index (κ2) is 7.55. The Morgan fingerprint density at radius 1 is 1.20 bits per heavy atom. The number of pyridine rings is 1. The molecule has 2 aromatic rings. The van der Waals surface area contributed by atoms with E-state index in [-0.39, 0.29) is 11.5 Å². The number of nitrogens with one attached hydrogen (secondary N) is 1. The number of carbonyl (C=O) groups excluding carboxylic acids is 1. The smallest absolute Gasteiger partial charge is 0.261 e. The number of nitrogens with zero attached hydrogens (tertiary/aromatic N) is 1. The molecule has 0 fully saturated rings. The normalized spacial score (nSPS) is 13.2. The van der Waals surface area contributed by atoms with Gasteiger partial charge in [-0.1, -0.05) is 19.1 Å². The average Bonchev–Trinajstić information content (AvgIpc) is 2.63. The Hall–Kier alpha value is -2.56. The number of aryl methyl sites for hydroxylation is 1. The summed E-state index contributed by atoms with van der Waals surface area (Å²) in [6.07, 6.45) is 3.60. The highest BCUT2D eigenvalue weighted by molar-refractivity contribution is 6.07. The van der Waals surface area contributed by atoms with Gasteiger partial charge < -0.3 is 14.6 Å². The second-order valence-electron chi connectivity index (χ2n) is 6.21. The molecule has 0 atom stereocenters. The Balaban J connectivity index is 1.98. The Kier molecular flexibility index (Phi) is 5.22. The van der Waals surface area contributed by atoms with Crippen molar-refractivity contribution in [3.05, 3.63) is 57.5 Å². The summed E-state index contributed by atoms with van der Waals surface area (Å²) in [7, 11) is 0. The summed E-state index contributed by atoms with van der Waals surface area (Å²) in [5, 5.41) is 2.94. The molecule has 0 saturated carbocycles. The molecule has 0 unspecified atom stereocenters. The Labute approximate surface area is 147 Å². The predicted molar refractivity (Wildman–Crippen MR) is 98.6 cm³/mol. The third kappa shape index (κ3) is 3.60. The molecule has 1 amide bonds.